The predicted octanol–water partition coefficient (Wildman–Crippen LogP) is 1.10. The quantitative estimate of drug-likeness (QED) is 0.735. The first-order valence-corrected chi connectivity index (χ1v) is 5.61. The van der Waals surface area contributed by atoms with Crippen LogP contribution in [0.3, 0.4) is 0 Å². The number of hydrogen-bond acceptors (Lipinski definition) is 3. The van der Waals surface area contributed by atoms with Crippen LogP contribution in [-0.4, -0.2) is 49.8 Å². The highest BCUT2D eigenvalue weighted by Gasteiger charge is 2.34. The Morgan fingerprint density at radius 1 is 1.50 bits per heavy atom. The summed E-state index contributed by atoms with van der Waals surface area (Å²) in [6, 6.07) is 0.638. The second-order valence-corrected chi connectivity index (χ2v) is 4.68. The van der Waals surface area contributed by atoms with E-state index < -0.39 is 0 Å². The molecule has 3 nitrogen and oxygen atoms in total. The lowest BCUT2D eigenvalue weighted by Gasteiger charge is -2.46. The molecular formula is C11H24N2O. The molecule has 1 saturated heterocycles. The molecule has 1 rings (SSSR count). The van der Waals surface area contributed by atoms with Gasteiger partial charge in [0.25, 0.3) is 0 Å². The Morgan fingerprint density at radius 3 is 2.71 bits per heavy atom. The van der Waals surface area contributed by atoms with Crippen molar-refractivity contribution in [3.8, 4) is 0 Å². The number of ether oxygens (including phenoxy) is 1. The van der Waals surface area contributed by atoms with Crippen LogP contribution in [0.2, 0.25) is 0 Å². The molecule has 1 atom stereocenters. The summed E-state index contributed by atoms with van der Waals surface area (Å²) in [6.07, 6.45) is 1.20. The molecule has 0 aromatic carbocycles. The van der Waals surface area contributed by atoms with Crippen molar-refractivity contribution in [2.24, 2.45) is 0 Å². The minimum atomic E-state index is 0.190. The minimum absolute atomic E-state index is 0.190. The number of nitrogens with zero attached hydrogens (tertiary/aromatic N) is 1. The molecule has 0 amide bonds. The molecule has 3 heteroatoms. The van der Waals surface area contributed by atoms with Crippen molar-refractivity contribution in [1.82, 2.24) is 10.2 Å². The number of nitrogens with one attached hydrogen (secondary N) is 1. The van der Waals surface area contributed by atoms with Gasteiger partial charge in [-0.15, -0.1) is 0 Å². The molecule has 84 valence electrons. The largest absolute Gasteiger partial charge is 0.378 e. The van der Waals surface area contributed by atoms with Crippen molar-refractivity contribution in [3.63, 3.8) is 0 Å². The summed E-state index contributed by atoms with van der Waals surface area (Å²) in [5, 5.41) is 3.27. The molecule has 0 saturated carbocycles. The van der Waals surface area contributed by atoms with E-state index in [1.54, 1.807) is 0 Å². The standard InChI is InChI=1S/C11H24N2O/c1-5-10(8-12-4)13-6-7-14-9-11(13,2)3/h10,12H,5-9H2,1-4H3. The van der Waals surface area contributed by atoms with E-state index in [9.17, 15) is 0 Å². The maximum atomic E-state index is 5.53. The SMILES string of the molecule is CCC(CNC)N1CCOCC1(C)C. The van der Waals surface area contributed by atoms with Crippen molar-refractivity contribution in [3.05, 3.63) is 0 Å². The van der Waals surface area contributed by atoms with Gasteiger partial charge in [-0.25, -0.2) is 0 Å². The normalized spacial score (nSPS) is 24.9. The Morgan fingerprint density at radius 2 is 2.21 bits per heavy atom. The lowest BCUT2D eigenvalue weighted by Crippen LogP contribution is -2.58. The third-order valence-electron chi connectivity index (χ3n) is 3.06. The van der Waals surface area contributed by atoms with E-state index in [1.165, 1.54) is 6.42 Å². The topological polar surface area (TPSA) is 24.5 Å². The van der Waals surface area contributed by atoms with Gasteiger partial charge in [0, 0.05) is 24.7 Å². The fourth-order valence-corrected chi connectivity index (χ4v) is 2.26. The Balaban J connectivity index is 2.61. The van der Waals surface area contributed by atoms with Crippen molar-refractivity contribution in [2.75, 3.05) is 33.4 Å². The maximum absolute atomic E-state index is 5.53. The van der Waals surface area contributed by atoms with Crippen molar-refractivity contribution < 1.29 is 4.74 Å². The number of rotatable bonds is 4. The monoisotopic (exact) mass is 200 g/mol. The molecule has 0 aromatic rings. The summed E-state index contributed by atoms with van der Waals surface area (Å²) in [5.74, 6) is 0. The van der Waals surface area contributed by atoms with Crippen LogP contribution in [0, 0.1) is 0 Å². The molecule has 0 aliphatic carbocycles. The Kier molecular flexibility index (Phi) is 4.35. The first kappa shape index (κ1) is 12.0. The molecule has 1 fully saturated rings. The van der Waals surface area contributed by atoms with Crippen LogP contribution in [0.15, 0.2) is 0 Å². The molecule has 0 radical (unpaired) electrons. The average molecular weight is 200 g/mol. The third-order valence-corrected chi connectivity index (χ3v) is 3.06. The first-order valence-electron chi connectivity index (χ1n) is 5.61. The lowest BCUT2D eigenvalue weighted by atomic mass is 9.98. The molecule has 0 spiro atoms. The van der Waals surface area contributed by atoms with E-state index in [2.05, 4.69) is 31.0 Å². The summed E-state index contributed by atoms with van der Waals surface area (Å²) >= 11 is 0. The third kappa shape index (κ3) is 2.69. The zero-order chi connectivity index (χ0) is 10.6. The van der Waals surface area contributed by atoms with E-state index in [4.69, 9.17) is 4.74 Å². The van der Waals surface area contributed by atoms with Gasteiger partial charge in [-0.3, -0.25) is 4.90 Å². The van der Waals surface area contributed by atoms with Gasteiger partial charge in [-0.2, -0.15) is 0 Å². The summed E-state index contributed by atoms with van der Waals surface area (Å²) < 4.78 is 5.53. The van der Waals surface area contributed by atoms with Gasteiger partial charge in [0.15, 0.2) is 0 Å². The van der Waals surface area contributed by atoms with E-state index in [0.29, 0.717) is 6.04 Å². The molecule has 1 heterocycles. The van der Waals surface area contributed by atoms with Gasteiger partial charge >= 0.3 is 0 Å². The van der Waals surface area contributed by atoms with E-state index in [-0.39, 0.29) is 5.54 Å². The summed E-state index contributed by atoms with van der Waals surface area (Å²) in [5.41, 5.74) is 0.190. The molecule has 14 heavy (non-hydrogen) atoms. The zero-order valence-corrected chi connectivity index (χ0v) is 9.97. The van der Waals surface area contributed by atoms with Crippen molar-refractivity contribution >= 4 is 0 Å². The summed E-state index contributed by atoms with van der Waals surface area (Å²) in [7, 11) is 2.02. The lowest BCUT2D eigenvalue weighted by molar-refractivity contribution is -0.0718. The Labute approximate surface area is 87.8 Å². The molecule has 0 aromatic heterocycles. The van der Waals surface area contributed by atoms with E-state index in [0.717, 1.165) is 26.3 Å². The van der Waals surface area contributed by atoms with E-state index >= 15 is 0 Å². The van der Waals surface area contributed by atoms with Crippen LogP contribution >= 0.6 is 0 Å². The molecule has 1 unspecified atom stereocenters. The predicted molar refractivity (Wildman–Crippen MR) is 59.6 cm³/mol. The van der Waals surface area contributed by atoms with Crippen LogP contribution in [-0.2, 0) is 4.74 Å². The fourth-order valence-electron chi connectivity index (χ4n) is 2.26. The second-order valence-electron chi connectivity index (χ2n) is 4.68. The highest BCUT2D eigenvalue weighted by Crippen LogP contribution is 2.22. The number of morpholine rings is 1. The van der Waals surface area contributed by atoms with Crippen LogP contribution < -0.4 is 5.32 Å². The smallest absolute Gasteiger partial charge is 0.0645 e. The molecule has 1 aliphatic heterocycles. The summed E-state index contributed by atoms with van der Waals surface area (Å²) in [6.45, 7) is 10.7. The van der Waals surface area contributed by atoms with E-state index in [1.807, 2.05) is 7.05 Å². The highest BCUT2D eigenvalue weighted by atomic mass is 16.5. The number of hydrogen-bond donors (Lipinski definition) is 1. The highest BCUT2D eigenvalue weighted by molar-refractivity contribution is 4.89. The Hall–Kier alpha value is -0.120. The van der Waals surface area contributed by atoms with Crippen LogP contribution in [0.1, 0.15) is 27.2 Å². The summed E-state index contributed by atoms with van der Waals surface area (Å²) in [4.78, 5) is 2.58. The average Bonchev–Trinajstić information content (AvgIpc) is 2.14. The second kappa shape index (κ2) is 5.10. The van der Waals surface area contributed by atoms with Crippen molar-refractivity contribution in [1.29, 1.82) is 0 Å². The van der Waals surface area contributed by atoms with Gasteiger partial charge in [0.1, 0.15) is 0 Å². The maximum Gasteiger partial charge on any atom is 0.0645 e. The van der Waals surface area contributed by atoms with Gasteiger partial charge in [-0.1, -0.05) is 6.92 Å². The zero-order valence-electron chi connectivity index (χ0n) is 9.97. The van der Waals surface area contributed by atoms with Gasteiger partial charge in [-0.05, 0) is 27.3 Å². The van der Waals surface area contributed by atoms with Gasteiger partial charge in [0.05, 0.1) is 13.2 Å². The number of likely N-dealkylation sites (N-methyl/N-ethyl adjacent to an activating group) is 1. The molecule has 0 bridgehead atoms. The molecule has 1 aliphatic rings. The van der Waals surface area contributed by atoms with Gasteiger partial charge in [0.2, 0.25) is 0 Å². The molecular weight excluding hydrogens is 176 g/mol. The van der Waals surface area contributed by atoms with Crippen molar-refractivity contribution in [2.45, 2.75) is 38.8 Å². The van der Waals surface area contributed by atoms with Gasteiger partial charge < -0.3 is 10.1 Å². The van der Waals surface area contributed by atoms with Crippen LogP contribution in [0.25, 0.3) is 0 Å². The van der Waals surface area contributed by atoms with Crippen LogP contribution in [0.5, 0.6) is 0 Å². The minimum Gasteiger partial charge on any atom is -0.378 e. The van der Waals surface area contributed by atoms with Crippen LogP contribution in [0.4, 0.5) is 0 Å². The first-order chi connectivity index (χ1) is 6.61. The fraction of sp³-hybridized carbons (Fsp3) is 1.00. The Bertz CT molecular complexity index is 171. The molecule has 1 N–H and O–H groups in total.